The quantitative estimate of drug-likeness (QED) is 0.913. The highest BCUT2D eigenvalue weighted by Gasteiger charge is 2.18. The van der Waals surface area contributed by atoms with Crippen LogP contribution < -0.4 is 15.4 Å². The Bertz CT molecular complexity index is 840. The van der Waals surface area contributed by atoms with Gasteiger partial charge in [-0.3, -0.25) is 9.59 Å². The van der Waals surface area contributed by atoms with Crippen LogP contribution in [-0.2, 0) is 4.79 Å². The number of nitrogens with one attached hydrogen (secondary N) is 2. The third-order valence-electron chi connectivity index (χ3n) is 3.98. The number of anilines is 1. The second-order valence-corrected chi connectivity index (χ2v) is 5.51. The van der Waals surface area contributed by atoms with Crippen molar-refractivity contribution in [3.63, 3.8) is 0 Å². The Hall–Kier alpha value is -3.08. The van der Waals surface area contributed by atoms with E-state index in [9.17, 15) is 9.59 Å². The second kappa shape index (κ2) is 6.58. The van der Waals surface area contributed by atoms with Crippen LogP contribution in [0.25, 0.3) is 6.08 Å². The molecule has 0 aromatic heterocycles. The average molecular weight is 322 g/mol. The number of para-hydroxylation sites is 1. The number of hydrogen-bond donors (Lipinski definition) is 2. The molecule has 0 atom stereocenters. The van der Waals surface area contributed by atoms with Gasteiger partial charge in [0.05, 0.1) is 5.57 Å². The van der Waals surface area contributed by atoms with Crippen LogP contribution >= 0.6 is 0 Å². The van der Waals surface area contributed by atoms with Crippen LogP contribution in [0.15, 0.2) is 48.0 Å². The van der Waals surface area contributed by atoms with Crippen molar-refractivity contribution in [2.45, 2.75) is 6.92 Å². The summed E-state index contributed by atoms with van der Waals surface area (Å²) in [4.78, 5) is 24.4. The molecule has 1 aliphatic heterocycles. The largest absolute Gasteiger partial charge is 0.488 e. The predicted molar refractivity (Wildman–Crippen MR) is 93.1 cm³/mol. The molecule has 0 aliphatic carbocycles. The highest BCUT2D eigenvalue weighted by molar-refractivity contribution is 6.08. The Morgan fingerprint density at radius 2 is 1.83 bits per heavy atom. The molecule has 0 radical (unpaired) electrons. The third kappa shape index (κ3) is 3.01. The van der Waals surface area contributed by atoms with E-state index in [1.54, 1.807) is 32.2 Å². The van der Waals surface area contributed by atoms with E-state index in [4.69, 9.17) is 4.74 Å². The smallest absolute Gasteiger partial charge is 0.255 e. The summed E-state index contributed by atoms with van der Waals surface area (Å²) in [7, 11) is 1.58. The van der Waals surface area contributed by atoms with E-state index in [-0.39, 0.29) is 18.4 Å². The molecule has 2 aromatic rings. The Kier molecular flexibility index (Phi) is 4.33. The van der Waals surface area contributed by atoms with E-state index >= 15 is 0 Å². The molecule has 1 aliphatic rings. The molecule has 2 amide bonds. The number of hydrogen-bond acceptors (Lipinski definition) is 3. The number of rotatable bonds is 3. The fourth-order valence-corrected chi connectivity index (χ4v) is 2.60. The van der Waals surface area contributed by atoms with Crippen LogP contribution in [0.5, 0.6) is 5.75 Å². The van der Waals surface area contributed by atoms with Crippen molar-refractivity contribution in [3.05, 3.63) is 64.7 Å². The van der Waals surface area contributed by atoms with Crippen molar-refractivity contribution in [3.8, 4) is 5.75 Å². The molecule has 0 bridgehead atoms. The minimum Gasteiger partial charge on any atom is -0.488 e. The molecular weight excluding hydrogens is 304 g/mol. The van der Waals surface area contributed by atoms with E-state index in [1.165, 1.54) is 0 Å². The van der Waals surface area contributed by atoms with Crippen molar-refractivity contribution in [1.29, 1.82) is 0 Å². The topological polar surface area (TPSA) is 67.4 Å². The average Bonchev–Trinajstić information content (AvgIpc) is 2.62. The molecule has 0 spiro atoms. The number of carbonyl (C=O) groups excluding carboxylic acids is 2. The molecule has 0 saturated carbocycles. The fourth-order valence-electron chi connectivity index (χ4n) is 2.60. The maximum absolute atomic E-state index is 12.5. The molecule has 3 rings (SSSR count). The van der Waals surface area contributed by atoms with Crippen molar-refractivity contribution in [2.24, 2.45) is 0 Å². The minimum atomic E-state index is -0.235. The number of fused-ring (bicyclic) bond motifs is 1. The maximum atomic E-state index is 12.5. The molecule has 2 N–H and O–H groups in total. The van der Waals surface area contributed by atoms with Gasteiger partial charge in [0, 0.05) is 23.9 Å². The Labute approximate surface area is 140 Å². The maximum Gasteiger partial charge on any atom is 0.255 e. The Balaban J connectivity index is 1.84. The summed E-state index contributed by atoms with van der Waals surface area (Å²) in [6, 6.07) is 12.8. The van der Waals surface area contributed by atoms with Crippen LogP contribution in [0.1, 0.15) is 21.5 Å². The van der Waals surface area contributed by atoms with Crippen LogP contribution in [0.4, 0.5) is 5.69 Å². The van der Waals surface area contributed by atoms with Gasteiger partial charge in [0.2, 0.25) is 0 Å². The standard InChI is InChI=1S/C19H18N2O3/c1-12-15(19(23)20-2)7-5-8-16(12)21-18(22)14-10-13-6-3-4-9-17(13)24-11-14/h3-10H,11H2,1-2H3,(H,20,23)(H,21,22). The molecule has 5 heteroatoms. The van der Waals surface area contributed by atoms with E-state index in [0.29, 0.717) is 16.8 Å². The van der Waals surface area contributed by atoms with Crippen LogP contribution in [0.3, 0.4) is 0 Å². The molecule has 1 heterocycles. The summed E-state index contributed by atoms with van der Waals surface area (Å²) in [5.41, 5.74) is 3.29. The number of ether oxygens (including phenoxy) is 1. The molecule has 122 valence electrons. The Morgan fingerprint density at radius 3 is 2.62 bits per heavy atom. The van der Waals surface area contributed by atoms with Gasteiger partial charge in [-0.05, 0) is 36.8 Å². The zero-order valence-corrected chi connectivity index (χ0v) is 13.6. The number of benzene rings is 2. The molecule has 0 saturated heterocycles. The molecule has 0 fully saturated rings. The predicted octanol–water partition coefficient (Wildman–Crippen LogP) is 2.77. The van der Waals surface area contributed by atoms with E-state index in [1.807, 2.05) is 30.3 Å². The first kappa shape index (κ1) is 15.8. The highest BCUT2D eigenvalue weighted by Crippen LogP contribution is 2.27. The van der Waals surface area contributed by atoms with Gasteiger partial charge in [0.1, 0.15) is 12.4 Å². The first-order valence-electron chi connectivity index (χ1n) is 7.65. The SMILES string of the molecule is CNC(=O)c1cccc(NC(=O)C2=Cc3ccccc3OC2)c1C. The normalized spacial score (nSPS) is 12.5. The lowest BCUT2D eigenvalue weighted by Crippen LogP contribution is -2.23. The summed E-state index contributed by atoms with van der Waals surface area (Å²) in [6.07, 6.45) is 1.83. The summed E-state index contributed by atoms with van der Waals surface area (Å²) in [5.74, 6) is 0.353. The van der Waals surface area contributed by atoms with Crippen LogP contribution in [-0.4, -0.2) is 25.5 Å². The van der Waals surface area contributed by atoms with Crippen molar-refractivity contribution in [2.75, 3.05) is 19.0 Å². The molecule has 5 nitrogen and oxygen atoms in total. The lowest BCUT2D eigenvalue weighted by Gasteiger charge is -2.18. The van der Waals surface area contributed by atoms with Gasteiger partial charge in [-0.25, -0.2) is 0 Å². The number of amides is 2. The lowest BCUT2D eigenvalue weighted by atomic mass is 10.0. The van der Waals surface area contributed by atoms with Crippen LogP contribution in [0.2, 0.25) is 0 Å². The lowest BCUT2D eigenvalue weighted by molar-refractivity contribution is -0.113. The summed E-state index contributed by atoms with van der Waals surface area (Å²) in [5, 5.41) is 5.46. The van der Waals surface area contributed by atoms with Gasteiger partial charge in [-0.15, -0.1) is 0 Å². The summed E-state index contributed by atoms with van der Waals surface area (Å²) in [6.45, 7) is 2.03. The molecule has 0 unspecified atom stereocenters. The van der Waals surface area contributed by atoms with Gasteiger partial charge in [0.15, 0.2) is 0 Å². The molecule has 24 heavy (non-hydrogen) atoms. The monoisotopic (exact) mass is 322 g/mol. The third-order valence-corrected chi connectivity index (χ3v) is 3.98. The minimum absolute atomic E-state index is 0.183. The first-order chi connectivity index (χ1) is 11.6. The van der Waals surface area contributed by atoms with Gasteiger partial charge in [-0.1, -0.05) is 24.3 Å². The van der Waals surface area contributed by atoms with Crippen molar-refractivity contribution >= 4 is 23.6 Å². The van der Waals surface area contributed by atoms with Gasteiger partial charge in [-0.2, -0.15) is 0 Å². The second-order valence-electron chi connectivity index (χ2n) is 5.51. The van der Waals surface area contributed by atoms with Crippen molar-refractivity contribution < 1.29 is 14.3 Å². The van der Waals surface area contributed by atoms with Gasteiger partial charge in [0.25, 0.3) is 11.8 Å². The molecule has 2 aromatic carbocycles. The number of carbonyl (C=O) groups is 2. The van der Waals surface area contributed by atoms with Crippen molar-refractivity contribution in [1.82, 2.24) is 5.32 Å². The van der Waals surface area contributed by atoms with E-state index < -0.39 is 0 Å². The van der Waals surface area contributed by atoms with Gasteiger partial charge < -0.3 is 15.4 Å². The van der Waals surface area contributed by atoms with E-state index in [2.05, 4.69) is 10.6 Å². The summed E-state index contributed by atoms with van der Waals surface area (Å²) >= 11 is 0. The van der Waals surface area contributed by atoms with Crippen LogP contribution in [0, 0.1) is 6.92 Å². The highest BCUT2D eigenvalue weighted by atomic mass is 16.5. The Morgan fingerprint density at radius 1 is 1.04 bits per heavy atom. The zero-order valence-electron chi connectivity index (χ0n) is 13.6. The first-order valence-corrected chi connectivity index (χ1v) is 7.65. The zero-order chi connectivity index (χ0) is 17.1. The van der Waals surface area contributed by atoms with Gasteiger partial charge >= 0.3 is 0 Å². The van der Waals surface area contributed by atoms with E-state index in [0.717, 1.165) is 16.9 Å². The summed E-state index contributed by atoms with van der Waals surface area (Å²) < 4.78 is 5.61. The fraction of sp³-hybridized carbons (Fsp3) is 0.158. The molecular formula is C19H18N2O3.